The van der Waals surface area contributed by atoms with Crippen molar-refractivity contribution in [3.8, 4) is 0 Å². The molecule has 164 valence electrons. The Hall–Kier alpha value is -2.16. The summed E-state index contributed by atoms with van der Waals surface area (Å²) in [5.74, 6) is 1.14. The van der Waals surface area contributed by atoms with Gasteiger partial charge >= 0.3 is 0 Å². The topological polar surface area (TPSA) is 80.9 Å². The van der Waals surface area contributed by atoms with Crippen LogP contribution in [0.15, 0.2) is 30.5 Å². The second-order valence-corrected chi connectivity index (χ2v) is 7.28. The molecule has 1 aliphatic heterocycles. The molecule has 2 aromatic heterocycles. The average molecular weight is 454 g/mol. The molecule has 4 rings (SSSR count). The number of fused-ring (bicyclic) bond motifs is 1. The van der Waals surface area contributed by atoms with Crippen molar-refractivity contribution in [1.82, 2.24) is 34.8 Å². The number of nitrogens with one attached hydrogen (secondary N) is 1. The molecule has 1 amide bonds. The van der Waals surface area contributed by atoms with Gasteiger partial charge in [0.15, 0.2) is 0 Å². The highest BCUT2D eigenvalue weighted by atomic mass is 35.5. The highest BCUT2D eigenvalue weighted by Crippen LogP contribution is 2.21. The predicted octanol–water partition coefficient (Wildman–Crippen LogP) is 2.60. The summed E-state index contributed by atoms with van der Waals surface area (Å²) in [5.41, 5.74) is 2.98. The summed E-state index contributed by atoms with van der Waals surface area (Å²) in [6.07, 6.45) is 2.73. The van der Waals surface area contributed by atoms with E-state index in [1.165, 1.54) is 0 Å². The van der Waals surface area contributed by atoms with Crippen LogP contribution in [-0.2, 0) is 11.3 Å². The maximum atomic E-state index is 12.6. The first-order valence-electron chi connectivity index (χ1n) is 9.95. The normalized spacial score (nSPS) is 18.1. The van der Waals surface area contributed by atoms with Crippen LogP contribution in [0.3, 0.4) is 0 Å². The summed E-state index contributed by atoms with van der Waals surface area (Å²) in [6, 6.07) is 8.12. The van der Waals surface area contributed by atoms with Crippen molar-refractivity contribution in [2.75, 3.05) is 19.6 Å². The number of amides is 1. The lowest BCUT2D eigenvalue weighted by Gasteiger charge is -2.22. The van der Waals surface area contributed by atoms with Gasteiger partial charge < -0.3 is 14.8 Å². The van der Waals surface area contributed by atoms with Crippen molar-refractivity contribution < 1.29 is 4.79 Å². The standard InChI is InChI=1S/C20H27N7O.2ClH/c1-4-25(5-2)20(28)18-10-16(11-21-18)27-13-15(23-24-27)12-26-14(3)22-17-8-6-7-9-19(17)26;;/h6-9,13,16,18,21H,4-5,10-12H2,1-3H3;2*1H/t16-,18-;;/m0../s1. The van der Waals surface area contributed by atoms with E-state index in [0.29, 0.717) is 6.54 Å². The fourth-order valence-electron chi connectivity index (χ4n) is 3.98. The molecule has 0 spiro atoms. The Morgan fingerprint density at radius 3 is 2.70 bits per heavy atom. The molecule has 0 radical (unpaired) electrons. The van der Waals surface area contributed by atoms with Crippen molar-refractivity contribution in [1.29, 1.82) is 0 Å². The maximum Gasteiger partial charge on any atom is 0.239 e. The Morgan fingerprint density at radius 1 is 1.23 bits per heavy atom. The molecular formula is C20H29Cl2N7O. The van der Waals surface area contributed by atoms with E-state index < -0.39 is 0 Å². The minimum atomic E-state index is -0.141. The molecular weight excluding hydrogens is 425 g/mol. The van der Waals surface area contributed by atoms with Gasteiger partial charge in [-0.1, -0.05) is 17.3 Å². The summed E-state index contributed by atoms with van der Waals surface area (Å²) in [4.78, 5) is 19.1. The van der Waals surface area contributed by atoms with Gasteiger partial charge in [-0.2, -0.15) is 0 Å². The lowest BCUT2D eigenvalue weighted by molar-refractivity contribution is -0.132. The Labute approximate surface area is 188 Å². The SMILES string of the molecule is CCN(CC)C(=O)[C@@H]1C[C@H](n2cc(Cn3c(C)nc4ccccc43)nn2)CN1.Cl.Cl. The van der Waals surface area contributed by atoms with Crippen LogP contribution in [-0.4, -0.2) is 61.0 Å². The molecule has 1 N–H and O–H groups in total. The second-order valence-electron chi connectivity index (χ2n) is 7.28. The molecule has 1 aliphatic rings. The van der Waals surface area contributed by atoms with Crippen molar-refractivity contribution in [3.63, 3.8) is 0 Å². The van der Waals surface area contributed by atoms with Gasteiger partial charge in [-0.25, -0.2) is 9.67 Å². The van der Waals surface area contributed by atoms with Crippen LogP contribution in [0, 0.1) is 6.92 Å². The largest absolute Gasteiger partial charge is 0.342 e. The van der Waals surface area contributed by atoms with Crippen molar-refractivity contribution in [2.24, 2.45) is 0 Å². The summed E-state index contributed by atoms with van der Waals surface area (Å²) in [6.45, 7) is 8.88. The van der Waals surface area contributed by atoms with Crippen LogP contribution in [0.5, 0.6) is 0 Å². The van der Waals surface area contributed by atoms with E-state index in [9.17, 15) is 4.79 Å². The van der Waals surface area contributed by atoms with E-state index in [1.807, 2.05) is 54.7 Å². The Morgan fingerprint density at radius 2 is 1.97 bits per heavy atom. The second kappa shape index (κ2) is 10.2. The van der Waals surface area contributed by atoms with Crippen LogP contribution in [0.4, 0.5) is 0 Å². The number of hydrogen-bond donors (Lipinski definition) is 1. The first-order valence-corrected chi connectivity index (χ1v) is 9.95. The van der Waals surface area contributed by atoms with Crippen molar-refractivity contribution in [2.45, 2.75) is 45.8 Å². The van der Waals surface area contributed by atoms with Crippen LogP contribution in [0.2, 0.25) is 0 Å². The molecule has 8 nitrogen and oxygen atoms in total. The number of likely N-dealkylation sites (N-methyl/N-ethyl adjacent to an activating group) is 1. The van der Waals surface area contributed by atoms with E-state index in [0.717, 1.165) is 48.6 Å². The molecule has 0 aliphatic carbocycles. The van der Waals surface area contributed by atoms with Crippen LogP contribution >= 0.6 is 24.8 Å². The molecule has 3 heterocycles. The van der Waals surface area contributed by atoms with E-state index in [2.05, 4.69) is 31.2 Å². The van der Waals surface area contributed by atoms with Gasteiger partial charge in [0.05, 0.1) is 35.9 Å². The third kappa shape index (κ3) is 4.61. The van der Waals surface area contributed by atoms with Gasteiger partial charge in [-0.3, -0.25) is 4.79 Å². The molecule has 0 saturated carbocycles. The molecule has 1 saturated heterocycles. The highest BCUT2D eigenvalue weighted by molar-refractivity contribution is 5.85. The van der Waals surface area contributed by atoms with E-state index >= 15 is 0 Å². The number of carbonyl (C=O) groups excluding carboxylic acids is 1. The summed E-state index contributed by atoms with van der Waals surface area (Å²) >= 11 is 0. The first-order chi connectivity index (χ1) is 13.6. The van der Waals surface area contributed by atoms with Gasteiger partial charge in [0, 0.05) is 19.6 Å². The summed E-state index contributed by atoms with van der Waals surface area (Å²) in [5, 5.41) is 12.0. The molecule has 1 aromatic carbocycles. The fourth-order valence-corrected chi connectivity index (χ4v) is 3.98. The minimum Gasteiger partial charge on any atom is -0.342 e. The zero-order valence-corrected chi connectivity index (χ0v) is 19.1. The monoisotopic (exact) mass is 453 g/mol. The zero-order valence-electron chi connectivity index (χ0n) is 17.5. The Balaban J connectivity index is 0.00000160. The number of hydrogen-bond acceptors (Lipinski definition) is 5. The third-order valence-electron chi connectivity index (χ3n) is 5.58. The smallest absolute Gasteiger partial charge is 0.239 e. The van der Waals surface area contributed by atoms with Gasteiger partial charge in [0.2, 0.25) is 5.91 Å². The first kappa shape index (κ1) is 24.1. The Bertz CT molecular complexity index is 983. The number of para-hydroxylation sites is 2. The van der Waals surface area contributed by atoms with Gasteiger partial charge in [-0.15, -0.1) is 29.9 Å². The Kier molecular flexibility index (Phi) is 8.23. The van der Waals surface area contributed by atoms with E-state index in [-0.39, 0.29) is 42.8 Å². The minimum absolute atomic E-state index is 0. The predicted molar refractivity (Wildman–Crippen MR) is 121 cm³/mol. The number of benzene rings is 1. The van der Waals surface area contributed by atoms with Crippen molar-refractivity contribution in [3.05, 3.63) is 42.0 Å². The number of nitrogens with zero attached hydrogens (tertiary/aromatic N) is 6. The fraction of sp³-hybridized carbons (Fsp3) is 0.500. The summed E-state index contributed by atoms with van der Waals surface area (Å²) in [7, 11) is 0. The van der Waals surface area contributed by atoms with Crippen LogP contribution in [0.25, 0.3) is 11.0 Å². The molecule has 10 heteroatoms. The van der Waals surface area contributed by atoms with Gasteiger partial charge in [0.25, 0.3) is 0 Å². The highest BCUT2D eigenvalue weighted by Gasteiger charge is 2.33. The molecule has 2 atom stereocenters. The molecule has 0 unspecified atom stereocenters. The van der Waals surface area contributed by atoms with Gasteiger partial charge in [-0.05, 0) is 39.3 Å². The molecule has 1 fully saturated rings. The molecule has 0 bridgehead atoms. The average Bonchev–Trinajstić information content (AvgIpc) is 3.42. The lowest BCUT2D eigenvalue weighted by atomic mass is 10.1. The number of imidazole rings is 1. The lowest BCUT2D eigenvalue weighted by Crippen LogP contribution is -2.43. The number of carbonyl (C=O) groups is 1. The number of rotatable bonds is 6. The third-order valence-corrected chi connectivity index (χ3v) is 5.58. The molecule has 30 heavy (non-hydrogen) atoms. The number of aromatic nitrogens is 5. The maximum absolute atomic E-state index is 12.6. The molecule has 3 aromatic rings. The van der Waals surface area contributed by atoms with E-state index in [1.54, 1.807) is 0 Å². The van der Waals surface area contributed by atoms with Crippen LogP contribution in [0.1, 0.15) is 37.8 Å². The van der Waals surface area contributed by atoms with E-state index in [4.69, 9.17) is 0 Å². The van der Waals surface area contributed by atoms with Crippen molar-refractivity contribution >= 4 is 41.8 Å². The summed E-state index contributed by atoms with van der Waals surface area (Å²) < 4.78 is 4.05. The van der Waals surface area contributed by atoms with Crippen LogP contribution < -0.4 is 5.32 Å². The zero-order chi connectivity index (χ0) is 19.7. The van der Waals surface area contributed by atoms with Gasteiger partial charge in [0.1, 0.15) is 11.5 Å². The number of halogens is 2. The number of aryl methyl sites for hydroxylation is 1. The quantitative estimate of drug-likeness (QED) is 0.620.